The molecule has 2 N–H and O–H groups in total. The van der Waals surface area contributed by atoms with Crippen molar-refractivity contribution in [3.8, 4) is 5.75 Å². The number of carbonyl (C=O) groups is 2. The highest BCUT2D eigenvalue weighted by Gasteiger charge is 2.16. The molecule has 0 aliphatic rings. The second-order valence-electron chi connectivity index (χ2n) is 6.79. The second-order valence-corrected chi connectivity index (χ2v) is 6.79. The first-order valence-corrected chi connectivity index (χ1v) is 9.78. The third-order valence-corrected chi connectivity index (χ3v) is 4.50. The third kappa shape index (κ3) is 5.02. The summed E-state index contributed by atoms with van der Waals surface area (Å²) in [5, 5.41) is 4.97. The lowest BCUT2D eigenvalue weighted by atomic mass is 10.1. The number of hydrogen-bond donors (Lipinski definition) is 2. The van der Waals surface area contributed by atoms with E-state index in [9.17, 15) is 14.4 Å². The molecule has 8 heteroatoms. The summed E-state index contributed by atoms with van der Waals surface area (Å²) in [7, 11) is 0. The van der Waals surface area contributed by atoms with E-state index >= 15 is 0 Å². The van der Waals surface area contributed by atoms with Gasteiger partial charge >= 0.3 is 0 Å². The zero-order valence-corrected chi connectivity index (χ0v) is 17.0. The Morgan fingerprint density at radius 2 is 1.83 bits per heavy atom. The number of nitrogens with zero attached hydrogens (tertiary/aromatic N) is 2. The predicted octanol–water partition coefficient (Wildman–Crippen LogP) is 2.35. The van der Waals surface area contributed by atoms with Gasteiger partial charge in [0, 0.05) is 18.4 Å². The highest BCUT2D eigenvalue weighted by molar-refractivity contribution is 6.05. The van der Waals surface area contributed by atoms with E-state index in [1.807, 2.05) is 31.2 Å². The number of nitrogens with one attached hydrogen (secondary N) is 2. The summed E-state index contributed by atoms with van der Waals surface area (Å²) in [4.78, 5) is 36.9. The van der Waals surface area contributed by atoms with Gasteiger partial charge in [-0.25, -0.2) is 4.68 Å². The number of hydrogen-bond acceptors (Lipinski definition) is 5. The maximum atomic E-state index is 12.6. The molecule has 1 heterocycles. The molecule has 0 atom stereocenters. The normalized spacial score (nSPS) is 10.6. The first-order valence-electron chi connectivity index (χ1n) is 9.78. The summed E-state index contributed by atoms with van der Waals surface area (Å²) in [6.07, 6.45) is 0.687. The molecule has 0 unspecified atom stereocenters. The van der Waals surface area contributed by atoms with E-state index in [1.54, 1.807) is 31.2 Å². The van der Waals surface area contributed by atoms with Crippen molar-refractivity contribution in [3.63, 3.8) is 0 Å². The van der Waals surface area contributed by atoms with Crippen LogP contribution >= 0.6 is 0 Å². The van der Waals surface area contributed by atoms with Crippen LogP contribution < -0.4 is 21.1 Å². The van der Waals surface area contributed by atoms with Crippen molar-refractivity contribution in [2.75, 3.05) is 6.61 Å². The fourth-order valence-electron chi connectivity index (χ4n) is 2.99. The lowest BCUT2D eigenvalue weighted by Gasteiger charge is -2.11. The van der Waals surface area contributed by atoms with E-state index in [0.29, 0.717) is 30.3 Å². The Bertz CT molecular complexity index is 1120. The number of amides is 2. The van der Waals surface area contributed by atoms with E-state index < -0.39 is 5.91 Å². The maximum Gasteiger partial charge on any atom is 0.290 e. The van der Waals surface area contributed by atoms with E-state index in [-0.39, 0.29) is 23.6 Å². The molecule has 0 spiro atoms. The summed E-state index contributed by atoms with van der Waals surface area (Å²) in [6.45, 7) is 4.47. The molecule has 0 aliphatic carbocycles. The summed E-state index contributed by atoms with van der Waals surface area (Å²) in [6, 6.07) is 14.4. The van der Waals surface area contributed by atoms with E-state index in [4.69, 9.17) is 4.74 Å². The van der Waals surface area contributed by atoms with E-state index in [2.05, 4.69) is 16.0 Å². The van der Waals surface area contributed by atoms with Crippen molar-refractivity contribution in [1.29, 1.82) is 0 Å². The zero-order valence-electron chi connectivity index (χ0n) is 17.0. The van der Waals surface area contributed by atoms with Gasteiger partial charge in [-0.2, -0.15) is 5.10 Å². The van der Waals surface area contributed by atoms with Crippen LogP contribution in [0.25, 0.3) is 10.8 Å². The molecule has 3 rings (SSSR count). The topological polar surface area (TPSA) is 102 Å². The lowest BCUT2D eigenvalue weighted by molar-refractivity contribution is -0.122. The van der Waals surface area contributed by atoms with Crippen molar-refractivity contribution < 1.29 is 14.3 Å². The number of benzene rings is 2. The maximum absolute atomic E-state index is 12.6. The van der Waals surface area contributed by atoms with Crippen molar-refractivity contribution in [2.45, 2.75) is 33.2 Å². The van der Waals surface area contributed by atoms with Gasteiger partial charge in [0.25, 0.3) is 11.5 Å². The van der Waals surface area contributed by atoms with Crippen LogP contribution in [-0.4, -0.2) is 28.2 Å². The fourth-order valence-corrected chi connectivity index (χ4v) is 2.99. The number of hydrazine groups is 1. The monoisotopic (exact) mass is 408 g/mol. The van der Waals surface area contributed by atoms with Gasteiger partial charge in [0.1, 0.15) is 5.75 Å². The summed E-state index contributed by atoms with van der Waals surface area (Å²) >= 11 is 0. The average Bonchev–Trinajstić information content (AvgIpc) is 2.75. The highest BCUT2D eigenvalue weighted by atomic mass is 16.5. The van der Waals surface area contributed by atoms with Gasteiger partial charge in [-0.1, -0.05) is 30.3 Å². The highest BCUT2D eigenvalue weighted by Crippen LogP contribution is 2.14. The Kier molecular flexibility index (Phi) is 6.79. The molecular formula is C22H24N4O4. The van der Waals surface area contributed by atoms with Crippen LogP contribution in [-0.2, 0) is 11.3 Å². The number of ether oxygens (including phenoxy) is 1. The molecule has 30 heavy (non-hydrogen) atoms. The number of carbonyl (C=O) groups excluding carboxylic acids is 2. The van der Waals surface area contributed by atoms with Crippen LogP contribution in [0.3, 0.4) is 0 Å². The molecule has 0 saturated carbocycles. The first-order chi connectivity index (χ1) is 14.5. The Morgan fingerprint density at radius 1 is 1.07 bits per heavy atom. The fraction of sp³-hybridized carbons (Fsp3) is 0.273. The first kappa shape index (κ1) is 21.0. The van der Waals surface area contributed by atoms with Gasteiger partial charge < -0.3 is 4.74 Å². The van der Waals surface area contributed by atoms with Crippen LogP contribution in [0.5, 0.6) is 5.75 Å². The molecule has 3 aromatic rings. The van der Waals surface area contributed by atoms with Gasteiger partial charge in [-0.3, -0.25) is 25.2 Å². The van der Waals surface area contributed by atoms with Gasteiger partial charge in [0.15, 0.2) is 5.69 Å². The number of aryl methyl sites for hydroxylation is 2. The molecule has 0 radical (unpaired) electrons. The SMILES string of the molecule is CCn1nc(C(=O)NNC(=O)CCCOc2cccc(C)c2)c2ccccc2c1=O. The minimum Gasteiger partial charge on any atom is -0.494 e. The molecule has 8 nitrogen and oxygen atoms in total. The molecule has 0 aliphatic heterocycles. The van der Waals surface area contributed by atoms with Crippen molar-refractivity contribution >= 4 is 22.6 Å². The predicted molar refractivity (Wildman–Crippen MR) is 113 cm³/mol. The summed E-state index contributed by atoms with van der Waals surface area (Å²) < 4.78 is 6.83. The lowest BCUT2D eigenvalue weighted by Crippen LogP contribution is -2.42. The number of fused-ring (bicyclic) bond motifs is 1. The van der Waals surface area contributed by atoms with E-state index in [1.165, 1.54) is 4.68 Å². The standard InChI is InChI=1S/C22H24N4O4/c1-3-26-22(29)18-11-5-4-10-17(18)20(25-26)21(28)24-23-19(27)12-7-13-30-16-9-6-8-15(2)14-16/h4-6,8-11,14H,3,7,12-13H2,1-2H3,(H,23,27)(H,24,28). The molecule has 0 saturated heterocycles. The van der Waals surface area contributed by atoms with Crippen molar-refractivity contribution in [1.82, 2.24) is 20.6 Å². The zero-order chi connectivity index (χ0) is 21.5. The number of rotatable bonds is 7. The van der Waals surface area contributed by atoms with Crippen molar-refractivity contribution in [3.05, 3.63) is 70.1 Å². The van der Waals surface area contributed by atoms with Crippen molar-refractivity contribution in [2.24, 2.45) is 0 Å². The Balaban J connectivity index is 1.54. The van der Waals surface area contributed by atoms with Crippen LogP contribution in [0.4, 0.5) is 0 Å². The molecule has 2 amide bonds. The molecular weight excluding hydrogens is 384 g/mol. The summed E-state index contributed by atoms with van der Waals surface area (Å²) in [5.41, 5.74) is 5.67. The van der Waals surface area contributed by atoms with Gasteiger partial charge in [0.2, 0.25) is 5.91 Å². The Morgan fingerprint density at radius 3 is 2.57 bits per heavy atom. The van der Waals surface area contributed by atoms with Gasteiger partial charge in [-0.05, 0) is 44.0 Å². The molecule has 2 aromatic carbocycles. The smallest absolute Gasteiger partial charge is 0.290 e. The molecule has 0 fully saturated rings. The third-order valence-electron chi connectivity index (χ3n) is 4.50. The largest absolute Gasteiger partial charge is 0.494 e. The minimum atomic E-state index is -0.585. The Hall–Kier alpha value is -3.68. The average molecular weight is 408 g/mol. The molecule has 0 bridgehead atoms. The van der Waals surface area contributed by atoms with Crippen LogP contribution in [0.15, 0.2) is 53.3 Å². The Labute approximate surface area is 173 Å². The second kappa shape index (κ2) is 9.69. The quantitative estimate of drug-likeness (QED) is 0.462. The molecule has 156 valence electrons. The van der Waals surface area contributed by atoms with Crippen LogP contribution in [0.2, 0.25) is 0 Å². The van der Waals surface area contributed by atoms with E-state index in [0.717, 1.165) is 11.3 Å². The summed E-state index contributed by atoms with van der Waals surface area (Å²) in [5.74, 6) is -0.171. The molecule has 1 aromatic heterocycles. The van der Waals surface area contributed by atoms with Crippen LogP contribution in [0.1, 0.15) is 35.8 Å². The number of aromatic nitrogens is 2. The van der Waals surface area contributed by atoms with Gasteiger partial charge in [-0.15, -0.1) is 0 Å². The van der Waals surface area contributed by atoms with Crippen LogP contribution in [0, 0.1) is 6.92 Å². The minimum absolute atomic E-state index is 0.0788. The van der Waals surface area contributed by atoms with Gasteiger partial charge in [0.05, 0.1) is 12.0 Å².